The summed E-state index contributed by atoms with van der Waals surface area (Å²) in [6, 6.07) is 8.61. The number of ether oxygens (including phenoxy) is 2. The summed E-state index contributed by atoms with van der Waals surface area (Å²) in [5.41, 5.74) is 2.58. The molecule has 1 unspecified atom stereocenters. The predicted octanol–water partition coefficient (Wildman–Crippen LogP) is 3.22. The van der Waals surface area contributed by atoms with Crippen LogP contribution in [-0.2, 0) is 19.5 Å². The summed E-state index contributed by atoms with van der Waals surface area (Å²) >= 11 is 1.88. The summed E-state index contributed by atoms with van der Waals surface area (Å²) < 4.78 is 10.8. The molecule has 2 aromatic rings. The van der Waals surface area contributed by atoms with E-state index in [1.54, 1.807) is 19.1 Å². The standard InChI is InChI=1S/C22H32N4O2S/c1-16(26-10-8-21-18(15-26)9-11-29-21)13-24-22(23-2)25(3)14-17-6-7-19(27-4)12-20(17)28-5/h6-7,9,11-12,16H,8,10,13-15H2,1-5H3,(H,23,24). The van der Waals surface area contributed by atoms with Crippen LogP contribution in [0.4, 0.5) is 0 Å². The number of rotatable bonds is 7. The summed E-state index contributed by atoms with van der Waals surface area (Å²) in [5.74, 6) is 2.49. The molecule has 1 atom stereocenters. The first-order valence-electron chi connectivity index (χ1n) is 9.97. The molecule has 1 aliphatic rings. The molecular formula is C22H32N4O2S. The van der Waals surface area contributed by atoms with Crippen molar-refractivity contribution in [1.29, 1.82) is 0 Å². The lowest BCUT2D eigenvalue weighted by molar-refractivity contribution is 0.192. The Morgan fingerprint density at radius 3 is 2.86 bits per heavy atom. The summed E-state index contributed by atoms with van der Waals surface area (Å²) in [6.45, 7) is 6.00. The molecule has 0 radical (unpaired) electrons. The number of hydrogen-bond acceptors (Lipinski definition) is 5. The Kier molecular flexibility index (Phi) is 7.39. The molecule has 158 valence electrons. The van der Waals surface area contributed by atoms with Crippen LogP contribution in [0.15, 0.2) is 34.6 Å². The minimum atomic E-state index is 0.434. The van der Waals surface area contributed by atoms with Gasteiger partial charge in [0.2, 0.25) is 0 Å². The number of aliphatic imine (C=N–C) groups is 1. The van der Waals surface area contributed by atoms with Crippen LogP contribution in [0.1, 0.15) is 22.9 Å². The molecule has 7 heteroatoms. The van der Waals surface area contributed by atoms with E-state index < -0.39 is 0 Å². The van der Waals surface area contributed by atoms with Crippen LogP contribution in [0.2, 0.25) is 0 Å². The molecule has 0 saturated carbocycles. The number of hydrogen-bond donors (Lipinski definition) is 1. The van der Waals surface area contributed by atoms with Crippen molar-refractivity contribution in [2.45, 2.75) is 32.5 Å². The van der Waals surface area contributed by atoms with Gasteiger partial charge in [0.15, 0.2) is 5.96 Å². The van der Waals surface area contributed by atoms with E-state index in [1.165, 1.54) is 5.56 Å². The van der Waals surface area contributed by atoms with Crippen molar-refractivity contribution < 1.29 is 9.47 Å². The van der Waals surface area contributed by atoms with Gasteiger partial charge in [0.1, 0.15) is 11.5 Å². The normalized spacial score (nSPS) is 15.6. The fraction of sp³-hybridized carbons (Fsp3) is 0.500. The predicted molar refractivity (Wildman–Crippen MR) is 120 cm³/mol. The van der Waals surface area contributed by atoms with Crippen molar-refractivity contribution in [1.82, 2.24) is 15.1 Å². The molecule has 2 heterocycles. The maximum atomic E-state index is 5.53. The quantitative estimate of drug-likeness (QED) is 0.555. The van der Waals surface area contributed by atoms with E-state index in [2.05, 4.69) is 38.5 Å². The van der Waals surface area contributed by atoms with Gasteiger partial charge >= 0.3 is 0 Å². The van der Waals surface area contributed by atoms with E-state index in [-0.39, 0.29) is 0 Å². The first-order chi connectivity index (χ1) is 14.0. The highest BCUT2D eigenvalue weighted by atomic mass is 32.1. The smallest absolute Gasteiger partial charge is 0.193 e. The Labute approximate surface area is 178 Å². The van der Waals surface area contributed by atoms with Crippen molar-refractivity contribution in [3.8, 4) is 11.5 Å². The summed E-state index contributed by atoms with van der Waals surface area (Å²) in [5, 5.41) is 5.75. The molecule has 1 aromatic heterocycles. The molecule has 6 nitrogen and oxygen atoms in total. The lowest BCUT2D eigenvalue weighted by Crippen LogP contribution is -2.47. The van der Waals surface area contributed by atoms with Crippen molar-refractivity contribution in [3.05, 3.63) is 45.6 Å². The van der Waals surface area contributed by atoms with E-state index in [0.717, 1.165) is 49.1 Å². The molecule has 29 heavy (non-hydrogen) atoms. The summed E-state index contributed by atoms with van der Waals surface area (Å²) in [4.78, 5) is 10.7. The molecule has 0 fully saturated rings. The minimum absolute atomic E-state index is 0.434. The van der Waals surface area contributed by atoms with Crippen LogP contribution in [0.25, 0.3) is 0 Å². The molecule has 0 aliphatic carbocycles. The first-order valence-corrected chi connectivity index (χ1v) is 10.9. The van der Waals surface area contributed by atoms with Crippen molar-refractivity contribution >= 4 is 17.3 Å². The van der Waals surface area contributed by atoms with Crippen LogP contribution >= 0.6 is 11.3 Å². The SMILES string of the molecule is CN=C(NCC(C)N1CCc2sccc2C1)N(C)Cc1ccc(OC)cc1OC. The van der Waals surface area contributed by atoms with Gasteiger partial charge in [0.05, 0.1) is 14.2 Å². The second kappa shape index (κ2) is 9.98. The highest BCUT2D eigenvalue weighted by Crippen LogP contribution is 2.26. The Balaban J connectivity index is 1.56. The number of methoxy groups -OCH3 is 2. The van der Waals surface area contributed by atoms with Gasteiger partial charge in [-0.1, -0.05) is 0 Å². The maximum Gasteiger partial charge on any atom is 0.193 e. The molecule has 3 rings (SSSR count). The second-order valence-electron chi connectivity index (χ2n) is 7.40. The van der Waals surface area contributed by atoms with Crippen molar-refractivity contribution in [3.63, 3.8) is 0 Å². The maximum absolute atomic E-state index is 5.53. The molecule has 1 N–H and O–H groups in total. The van der Waals surface area contributed by atoms with Gasteiger partial charge in [-0.05, 0) is 42.5 Å². The lowest BCUT2D eigenvalue weighted by Gasteiger charge is -2.33. The van der Waals surface area contributed by atoms with Gasteiger partial charge in [-0.25, -0.2) is 0 Å². The lowest BCUT2D eigenvalue weighted by atomic mass is 10.1. The average molecular weight is 417 g/mol. The zero-order chi connectivity index (χ0) is 20.8. The fourth-order valence-corrected chi connectivity index (χ4v) is 4.60. The van der Waals surface area contributed by atoms with E-state index in [0.29, 0.717) is 12.6 Å². The summed E-state index contributed by atoms with van der Waals surface area (Å²) in [6.07, 6.45) is 1.16. The number of benzene rings is 1. The van der Waals surface area contributed by atoms with Crippen LogP contribution in [0, 0.1) is 0 Å². The van der Waals surface area contributed by atoms with Crippen LogP contribution in [0.5, 0.6) is 11.5 Å². The van der Waals surface area contributed by atoms with Gasteiger partial charge in [0.25, 0.3) is 0 Å². The van der Waals surface area contributed by atoms with Gasteiger partial charge in [0, 0.05) is 62.8 Å². The molecule has 0 amide bonds. The summed E-state index contributed by atoms with van der Waals surface area (Å²) in [7, 11) is 7.22. The monoisotopic (exact) mass is 416 g/mol. The molecular weight excluding hydrogens is 384 g/mol. The number of nitrogens with zero attached hydrogens (tertiary/aromatic N) is 3. The molecule has 0 bridgehead atoms. The molecule has 1 aliphatic heterocycles. The molecule has 0 spiro atoms. The van der Waals surface area contributed by atoms with Crippen LogP contribution < -0.4 is 14.8 Å². The van der Waals surface area contributed by atoms with Gasteiger partial charge in [-0.2, -0.15) is 0 Å². The third kappa shape index (κ3) is 5.22. The van der Waals surface area contributed by atoms with Crippen LogP contribution in [-0.4, -0.2) is 63.2 Å². The molecule has 0 saturated heterocycles. The molecule has 1 aromatic carbocycles. The minimum Gasteiger partial charge on any atom is -0.497 e. The van der Waals surface area contributed by atoms with E-state index in [4.69, 9.17) is 9.47 Å². The number of fused-ring (bicyclic) bond motifs is 1. The number of guanidine groups is 1. The van der Waals surface area contributed by atoms with E-state index in [9.17, 15) is 0 Å². The zero-order valence-corrected chi connectivity index (χ0v) is 18.9. The topological polar surface area (TPSA) is 49.3 Å². The number of thiophene rings is 1. The largest absolute Gasteiger partial charge is 0.497 e. The van der Waals surface area contributed by atoms with E-state index >= 15 is 0 Å². The van der Waals surface area contributed by atoms with E-state index in [1.807, 2.05) is 43.6 Å². The highest BCUT2D eigenvalue weighted by Gasteiger charge is 2.22. The third-order valence-corrected chi connectivity index (χ3v) is 6.51. The van der Waals surface area contributed by atoms with Gasteiger partial charge in [-0.3, -0.25) is 9.89 Å². The highest BCUT2D eigenvalue weighted by molar-refractivity contribution is 7.10. The second-order valence-corrected chi connectivity index (χ2v) is 8.40. The average Bonchev–Trinajstić information content (AvgIpc) is 3.22. The Morgan fingerprint density at radius 2 is 2.14 bits per heavy atom. The zero-order valence-electron chi connectivity index (χ0n) is 18.1. The third-order valence-electron chi connectivity index (χ3n) is 5.49. The Hall–Kier alpha value is -2.25. The van der Waals surface area contributed by atoms with Crippen LogP contribution in [0.3, 0.4) is 0 Å². The Bertz CT molecular complexity index is 836. The van der Waals surface area contributed by atoms with Gasteiger partial charge in [-0.15, -0.1) is 11.3 Å². The van der Waals surface area contributed by atoms with Crippen molar-refractivity contribution in [2.75, 3.05) is 41.4 Å². The Morgan fingerprint density at radius 1 is 1.31 bits per heavy atom. The fourth-order valence-electron chi connectivity index (χ4n) is 3.71. The first kappa shape index (κ1) is 21.5. The number of nitrogens with one attached hydrogen (secondary N) is 1. The van der Waals surface area contributed by atoms with Crippen molar-refractivity contribution in [2.24, 2.45) is 4.99 Å². The van der Waals surface area contributed by atoms with Gasteiger partial charge < -0.3 is 19.7 Å².